The van der Waals surface area contributed by atoms with Crippen LogP contribution < -0.4 is 5.32 Å². The number of hydrogen-bond donors (Lipinski definition) is 1. The fourth-order valence-corrected chi connectivity index (χ4v) is 0.735. The van der Waals surface area contributed by atoms with Gasteiger partial charge in [0.2, 0.25) is 0 Å². The Hall–Kier alpha value is -1.34. The van der Waals surface area contributed by atoms with E-state index < -0.39 is 18.9 Å². The molecule has 0 aliphatic rings. The van der Waals surface area contributed by atoms with Gasteiger partial charge in [-0.15, -0.1) is 5.10 Å². The maximum Gasteiger partial charge on any atom is 0.324 e. The van der Waals surface area contributed by atoms with Crippen molar-refractivity contribution in [3.8, 4) is 0 Å². The van der Waals surface area contributed by atoms with Gasteiger partial charge in [0, 0.05) is 7.05 Å². The number of hydrogen-bond acceptors (Lipinski definition) is 3. The lowest BCUT2D eigenvalue weighted by atomic mass is 10.3. The third-order valence-corrected chi connectivity index (χ3v) is 1.54. The minimum absolute atomic E-state index is 0.158. The van der Waals surface area contributed by atoms with Crippen LogP contribution >= 0.6 is 0 Å². The van der Waals surface area contributed by atoms with Crippen molar-refractivity contribution >= 4 is 5.82 Å². The molecule has 1 aromatic heterocycles. The van der Waals surface area contributed by atoms with Crippen molar-refractivity contribution in [1.82, 2.24) is 15.0 Å². The molecule has 0 saturated carbocycles. The number of alkyl halides is 4. The Morgan fingerprint density at radius 3 is 2.64 bits per heavy atom. The first-order chi connectivity index (χ1) is 6.43. The van der Waals surface area contributed by atoms with Crippen molar-refractivity contribution in [2.75, 3.05) is 11.9 Å². The number of aromatic nitrogens is 3. The standard InChI is InChI=1S/C6H8F4N4/c1-14-4(2-12-13-14)11-3-6(9,10)5(7)8/h2,5,11H,3H2,1H3. The summed E-state index contributed by atoms with van der Waals surface area (Å²) in [6.07, 6.45) is -2.52. The molecule has 0 radical (unpaired) electrons. The zero-order chi connectivity index (χ0) is 10.8. The largest absolute Gasteiger partial charge is 0.363 e. The van der Waals surface area contributed by atoms with Gasteiger partial charge in [0.1, 0.15) is 5.82 Å². The van der Waals surface area contributed by atoms with Crippen LogP contribution in [-0.2, 0) is 7.05 Å². The molecule has 8 heteroatoms. The van der Waals surface area contributed by atoms with Crippen molar-refractivity contribution in [2.24, 2.45) is 7.05 Å². The van der Waals surface area contributed by atoms with Crippen LogP contribution in [0.5, 0.6) is 0 Å². The van der Waals surface area contributed by atoms with Gasteiger partial charge in [-0.2, -0.15) is 8.78 Å². The van der Waals surface area contributed by atoms with Gasteiger partial charge >= 0.3 is 12.3 Å². The highest BCUT2D eigenvalue weighted by molar-refractivity contribution is 5.30. The maximum atomic E-state index is 12.4. The molecule has 1 aromatic rings. The average molecular weight is 212 g/mol. The van der Waals surface area contributed by atoms with Crippen molar-refractivity contribution < 1.29 is 17.6 Å². The third-order valence-electron chi connectivity index (χ3n) is 1.54. The lowest BCUT2D eigenvalue weighted by Gasteiger charge is -2.15. The van der Waals surface area contributed by atoms with Crippen LogP contribution in [0.4, 0.5) is 23.4 Å². The molecular formula is C6H8F4N4. The minimum Gasteiger partial charge on any atom is -0.363 e. The Balaban J connectivity index is 2.53. The van der Waals surface area contributed by atoms with E-state index >= 15 is 0 Å². The van der Waals surface area contributed by atoms with Crippen molar-refractivity contribution in [3.63, 3.8) is 0 Å². The summed E-state index contributed by atoms with van der Waals surface area (Å²) in [5.74, 6) is -3.89. The molecule has 0 spiro atoms. The Kier molecular flexibility index (Phi) is 2.92. The third kappa shape index (κ3) is 2.33. The van der Waals surface area contributed by atoms with Crippen molar-refractivity contribution in [1.29, 1.82) is 0 Å². The Morgan fingerprint density at radius 2 is 2.21 bits per heavy atom. The fraction of sp³-hybridized carbons (Fsp3) is 0.667. The molecule has 14 heavy (non-hydrogen) atoms. The summed E-state index contributed by atoms with van der Waals surface area (Å²) >= 11 is 0. The van der Waals surface area contributed by atoms with Crippen LogP contribution in [0.3, 0.4) is 0 Å². The molecule has 0 unspecified atom stereocenters. The van der Waals surface area contributed by atoms with Gasteiger partial charge in [-0.05, 0) is 0 Å². The first-order valence-electron chi connectivity index (χ1n) is 3.68. The molecule has 0 aromatic carbocycles. The molecule has 0 atom stereocenters. The van der Waals surface area contributed by atoms with E-state index in [2.05, 4.69) is 15.6 Å². The van der Waals surface area contributed by atoms with Crippen LogP contribution in [0, 0.1) is 0 Å². The lowest BCUT2D eigenvalue weighted by molar-refractivity contribution is -0.117. The molecule has 0 aliphatic carbocycles. The fourth-order valence-electron chi connectivity index (χ4n) is 0.735. The molecule has 0 fully saturated rings. The summed E-state index contributed by atoms with van der Waals surface area (Å²) in [6.45, 7) is -1.15. The SMILES string of the molecule is Cn1nncc1NCC(F)(F)C(F)F. The summed E-state index contributed by atoms with van der Waals surface area (Å²) in [7, 11) is 1.45. The van der Waals surface area contributed by atoms with E-state index in [1.54, 1.807) is 0 Å². The van der Waals surface area contributed by atoms with Gasteiger partial charge in [-0.1, -0.05) is 5.21 Å². The highest BCUT2D eigenvalue weighted by atomic mass is 19.3. The number of nitrogens with one attached hydrogen (secondary N) is 1. The molecule has 0 saturated heterocycles. The van der Waals surface area contributed by atoms with E-state index in [0.717, 1.165) is 0 Å². The molecule has 0 amide bonds. The zero-order valence-electron chi connectivity index (χ0n) is 7.22. The molecule has 80 valence electrons. The van der Waals surface area contributed by atoms with Gasteiger partial charge in [0.15, 0.2) is 0 Å². The van der Waals surface area contributed by atoms with Crippen molar-refractivity contribution in [3.05, 3.63) is 6.20 Å². The molecule has 1 rings (SSSR count). The first kappa shape index (κ1) is 10.7. The summed E-state index contributed by atoms with van der Waals surface area (Å²) in [6, 6.07) is 0. The van der Waals surface area contributed by atoms with E-state index in [1.165, 1.54) is 17.9 Å². The van der Waals surface area contributed by atoms with Crippen LogP contribution in [0.15, 0.2) is 6.20 Å². The smallest absolute Gasteiger partial charge is 0.324 e. The molecular weight excluding hydrogens is 204 g/mol. The number of halogens is 4. The summed E-state index contributed by atoms with van der Waals surface area (Å²) in [5.41, 5.74) is 0. The second kappa shape index (κ2) is 3.81. The lowest BCUT2D eigenvalue weighted by Crippen LogP contribution is -2.35. The normalized spacial score (nSPS) is 12.1. The van der Waals surface area contributed by atoms with Gasteiger partial charge in [-0.3, -0.25) is 0 Å². The monoisotopic (exact) mass is 212 g/mol. The Morgan fingerprint density at radius 1 is 1.57 bits per heavy atom. The predicted molar refractivity (Wildman–Crippen MR) is 40.4 cm³/mol. The van der Waals surface area contributed by atoms with Gasteiger partial charge < -0.3 is 5.32 Å². The molecule has 4 nitrogen and oxygen atoms in total. The van der Waals surface area contributed by atoms with E-state index in [4.69, 9.17) is 0 Å². The van der Waals surface area contributed by atoms with E-state index in [-0.39, 0.29) is 5.82 Å². The molecule has 0 aliphatic heterocycles. The average Bonchev–Trinajstić information content (AvgIpc) is 2.47. The van der Waals surface area contributed by atoms with E-state index in [1.807, 2.05) is 0 Å². The predicted octanol–water partition coefficient (Wildman–Crippen LogP) is 1.13. The van der Waals surface area contributed by atoms with Crippen LogP contribution in [0.2, 0.25) is 0 Å². The van der Waals surface area contributed by atoms with Crippen molar-refractivity contribution in [2.45, 2.75) is 12.3 Å². The molecule has 0 bridgehead atoms. The van der Waals surface area contributed by atoms with E-state index in [0.29, 0.717) is 0 Å². The van der Waals surface area contributed by atoms with Gasteiger partial charge in [0.05, 0.1) is 12.7 Å². The van der Waals surface area contributed by atoms with Crippen LogP contribution in [0.25, 0.3) is 0 Å². The topological polar surface area (TPSA) is 42.7 Å². The van der Waals surface area contributed by atoms with Crippen LogP contribution in [0.1, 0.15) is 0 Å². The number of nitrogens with zero attached hydrogens (tertiary/aromatic N) is 3. The van der Waals surface area contributed by atoms with E-state index in [9.17, 15) is 17.6 Å². The summed E-state index contributed by atoms with van der Waals surface area (Å²) in [5, 5.41) is 8.94. The van der Waals surface area contributed by atoms with Crippen LogP contribution in [-0.4, -0.2) is 33.9 Å². The number of anilines is 1. The highest BCUT2D eigenvalue weighted by Gasteiger charge is 2.40. The first-order valence-corrected chi connectivity index (χ1v) is 3.68. The quantitative estimate of drug-likeness (QED) is 0.760. The summed E-state index contributed by atoms with van der Waals surface area (Å²) in [4.78, 5) is 0. The second-order valence-corrected chi connectivity index (χ2v) is 2.66. The summed E-state index contributed by atoms with van der Waals surface area (Å²) < 4.78 is 49.4. The number of rotatable bonds is 4. The zero-order valence-corrected chi connectivity index (χ0v) is 7.22. The van der Waals surface area contributed by atoms with Gasteiger partial charge in [0.25, 0.3) is 0 Å². The second-order valence-electron chi connectivity index (χ2n) is 2.66. The minimum atomic E-state index is -4.05. The molecule has 1 N–H and O–H groups in total. The highest BCUT2D eigenvalue weighted by Crippen LogP contribution is 2.22. The maximum absolute atomic E-state index is 12.4. The van der Waals surface area contributed by atoms with Gasteiger partial charge in [-0.25, -0.2) is 13.5 Å². The molecule has 1 heterocycles. The Labute approximate surface area is 76.9 Å². The Bertz CT molecular complexity index is 298. The number of aryl methyl sites for hydroxylation is 1.